The van der Waals surface area contributed by atoms with E-state index in [1.54, 1.807) is 0 Å². The Morgan fingerprint density at radius 2 is 1.00 bits per heavy atom. The highest BCUT2D eigenvalue weighted by atomic mass is 16.3. The topological polar surface area (TPSA) is 13.1 Å². The van der Waals surface area contributed by atoms with E-state index in [0.29, 0.717) is 0 Å². The number of rotatable bonds is 3. The van der Waals surface area contributed by atoms with Gasteiger partial charge in [0.25, 0.3) is 0 Å². The first kappa shape index (κ1) is 25.4. The molecule has 0 saturated heterocycles. The molecule has 1 aromatic heterocycles. The number of benzene rings is 9. The van der Waals surface area contributed by atoms with Crippen LogP contribution in [0, 0.1) is 6.92 Å². The fraction of sp³-hybridized carbons (Fsp3) is 0.0222. The molecule has 0 atom stereocenters. The van der Waals surface area contributed by atoms with Crippen molar-refractivity contribution in [3.8, 4) is 33.4 Å². The van der Waals surface area contributed by atoms with Crippen LogP contribution in [0.15, 0.2) is 156 Å². The molecule has 0 aliphatic rings. The van der Waals surface area contributed by atoms with E-state index in [1.165, 1.54) is 92.8 Å². The normalized spacial score (nSPS) is 12.0. The average molecular weight is 585 g/mol. The van der Waals surface area contributed by atoms with Crippen molar-refractivity contribution in [2.24, 2.45) is 0 Å². The van der Waals surface area contributed by atoms with E-state index in [0.717, 1.165) is 11.2 Å². The molecule has 0 amide bonds. The summed E-state index contributed by atoms with van der Waals surface area (Å²) in [6.45, 7) is 2.13. The molecule has 1 nitrogen and oxygen atoms in total. The molecule has 0 aliphatic heterocycles. The average Bonchev–Trinajstić information content (AvgIpc) is 3.48. The summed E-state index contributed by atoms with van der Waals surface area (Å²) in [5, 5.41) is 12.5. The molecule has 10 aromatic rings. The lowest BCUT2D eigenvalue weighted by molar-refractivity contribution is 0.669. The first-order chi connectivity index (χ1) is 22.7. The Balaban J connectivity index is 1.23. The molecule has 0 saturated carbocycles. The maximum absolute atomic E-state index is 6.40. The van der Waals surface area contributed by atoms with Crippen LogP contribution in [-0.2, 0) is 0 Å². The maximum atomic E-state index is 6.40. The second kappa shape index (κ2) is 9.54. The molecule has 9 aromatic carbocycles. The van der Waals surface area contributed by atoms with Gasteiger partial charge in [-0.3, -0.25) is 0 Å². The molecule has 10 rings (SSSR count). The van der Waals surface area contributed by atoms with Crippen molar-refractivity contribution in [3.05, 3.63) is 157 Å². The largest absolute Gasteiger partial charge is 0.456 e. The van der Waals surface area contributed by atoms with E-state index in [4.69, 9.17) is 4.42 Å². The minimum absolute atomic E-state index is 0.946. The highest BCUT2D eigenvalue weighted by molar-refractivity contribution is 6.28. The van der Waals surface area contributed by atoms with Gasteiger partial charge in [-0.25, -0.2) is 0 Å². The third kappa shape index (κ3) is 3.57. The van der Waals surface area contributed by atoms with Gasteiger partial charge in [-0.1, -0.05) is 133 Å². The van der Waals surface area contributed by atoms with E-state index in [1.807, 2.05) is 0 Å². The summed E-state index contributed by atoms with van der Waals surface area (Å²) in [6, 6.07) is 55.5. The monoisotopic (exact) mass is 584 g/mol. The Labute approximate surface area is 266 Å². The van der Waals surface area contributed by atoms with Crippen molar-refractivity contribution in [1.29, 1.82) is 0 Å². The zero-order valence-corrected chi connectivity index (χ0v) is 25.3. The molecule has 1 heterocycles. The third-order valence-electron chi connectivity index (χ3n) is 9.86. The summed E-state index contributed by atoms with van der Waals surface area (Å²) in [5.74, 6) is 0. The van der Waals surface area contributed by atoms with Crippen molar-refractivity contribution < 1.29 is 4.42 Å². The number of hydrogen-bond acceptors (Lipinski definition) is 1. The summed E-state index contributed by atoms with van der Waals surface area (Å²) in [5.41, 5.74) is 10.6. The molecule has 1 heteroatoms. The fourth-order valence-corrected chi connectivity index (χ4v) is 7.91. The van der Waals surface area contributed by atoms with Crippen molar-refractivity contribution in [3.63, 3.8) is 0 Å². The number of fused-ring (bicyclic) bond motifs is 3. The van der Waals surface area contributed by atoms with Gasteiger partial charge in [0.2, 0.25) is 0 Å². The Kier molecular flexibility index (Phi) is 5.27. The summed E-state index contributed by atoms with van der Waals surface area (Å²) in [6.07, 6.45) is 0. The molecule has 0 radical (unpaired) electrons. The van der Waals surface area contributed by atoms with E-state index in [-0.39, 0.29) is 0 Å². The Bertz CT molecular complexity index is 2730. The van der Waals surface area contributed by atoms with E-state index in [2.05, 4.69) is 159 Å². The van der Waals surface area contributed by atoms with Crippen LogP contribution >= 0.6 is 0 Å². The lowest BCUT2D eigenvalue weighted by Crippen LogP contribution is -1.92. The summed E-state index contributed by atoms with van der Waals surface area (Å²) in [7, 11) is 0. The Morgan fingerprint density at radius 3 is 1.74 bits per heavy atom. The molecule has 214 valence electrons. The highest BCUT2D eigenvalue weighted by Crippen LogP contribution is 2.48. The van der Waals surface area contributed by atoms with Gasteiger partial charge in [0, 0.05) is 10.8 Å². The highest BCUT2D eigenvalue weighted by Gasteiger charge is 2.21. The lowest BCUT2D eigenvalue weighted by atomic mass is 9.84. The van der Waals surface area contributed by atoms with Gasteiger partial charge >= 0.3 is 0 Å². The van der Waals surface area contributed by atoms with Crippen LogP contribution in [0.25, 0.3) is 98.4 Å². The van der Waals surface area contributed by atoms with Gasteiger partial charge in [0.1, 0.15) is 11.2 Å². The van der Waals surface area contributed by atoms with E-state index < -0.39 is 0 Å². The van der Waals surface area contributed by atoms with Crippen LogP contribution < -0.4 is 0 Å². The quantitative estimate of drug-likeness (QED) is 0.149. The van der Waals surface area contributed by atoms with Gasteiger partial charge in [-0.2, -0.15) is 0 Å². The third-order valence-corrected chi connectivity index (χ3v) is 9.86. The molecule has 46 heavy (non-hydrogen) atoms. The molecular formula is C45H28O. The van der Waals surface area contributed by atoms with Gasteiger partial charge in [-0.05, 0) is 107 Å². The van der Waals surface area contributed by atoms with Crippen LogP contribution in [0.1, 0.15) is 5.56 Å². The number of aryl methyl sites for hydroxylation is 1. The van der Waals surface area contributed by atoms with Crippen LogP contribution in [0.4, 0.5) is 0 Å². The van der Waals surface area contributed by atoms with Crippen LogP contribution in [0.2, 0.25) is 0 Å². The van der Waals surface area contributed by atoms with Crippen molar-refractivity contribution in [1.82, 2.24) is 0 Å². The van der Waals surface area contributed by atoms with Crippen LogP contribution in [0.5, 0.6) is 0 Å². The minimum atomic E-state index is 0.946. The SMILES string of the molecule is Cc1cc2ccc3c(-c4c5ccccc5c(-c5ccc(-c6cccc7ccccc67)cc5)c5ccccc45)ccc4oc(c1)c2c43. The predicted molar refractivity (Wildman–Crippen MR) is 196 cm³/mol. The molecule has 0 N–H and O–H groups in total. The zero-order chi connectivity index (χ0) is 30.4. The van der Waals surface area contributed by atoms with Gasteiger partial charge in [0.05, 0.1) is 0 Å². The fourth-order valence-electron chi connectivity index (χ4n) is 7.91. The second-order valence-corrected chi connectivity index (χ2v) is 12.5. The van der Waals surface area contributed by atoms with Gasteiger partial charge < -0.3 is 4.42 Å². The summed E-state index contributed by atoms with van der Waals surface area (Å²) >= 11 is 0. The first-order valence-corrected chi connectivity index (χ1v) is 15.9. The zero-order valence-electron chi connectivity index (χ0n) is 25.3. The van der Waals surface area contributed by atoms with Gasteiger partial charge in [-0.15, -0.1) is 0 Å². The summed E-state index contributed by atoms with van der Waals surface area (Å²) < 4.78 is 6.40. The molecule has 0 aliphatic carbocycles. The molecule has 0 spiro atoms. The maximum Gasteiger partial charge on any atom is 0.136 e. The first-order valence-electron chi connectivity index (χ1n) is 15.9. The van der Waals surface area contributed by atoms with Crippen molar-refractivity contribution >= 4 is 65.0 Å². The number of furan rings is 1. The number of hydrogen-bond donors (Lipinski definition) is 0. The van der Waals surface area contributed by atoms with E-state index in [9.17, 15) is 0 Å². The van der Waals surface area contributed by atoms with E-state index >= 15 is 0 Å². The van der Waals surface area contributed by atoms with Gasteiger partial charge in [0.15, 0.2) is 0 Å². The predicted octanol–water partition coefficient (Wildman–Crippen LogP) is 12.9. The Hall–Kier alpha value is -5.92. The molecule has 0 fully saturated rings. The van der Waals surface area contributed by atoms with Crippen molar-refractivity contribution in [2.45, 2.75) is 6.92 Å². The van der Waals surface area contributed by atoms with Crippen molar-refractivity contribution in [2.75, 3.05) is 0 Å². The molecular weight excluding hydrogens is 556 g/mol. The van der Waals surface area contributed by atoms with Crippen LogP contribution in [0.3, 0.4) is 0 Å². The minimum Gasteiger partial charge on any atom is -0.456 e. The lowest BCUT2D eigenvalue weighted by Gasteiger charge is -2.19. The van der Waals surface area contributed by atoms with Crippen LogP contribution in [-0.4, -0.2) is 0 Å². The molecule has 0 unspecified atom stereocenters. The standard InChI is InChI=1S/C45H28O/c1-27-25-31-21-22-39-38(23-24-40-45(39)43(31)41(26-27)46-40)44-36-14-6-4-12-34(36)42(35-13-5-7-15-37(35)44)30-19-17-29(18-20-30)33-16-8-10-28-9-2-3-11-32(28)33/h2-26H,1H3. The Morgan fingerprint density at radius 1 is 0.370 bits per heavy atom. The summed E-state index contributed by atoms with van der Waals surface area (Å²) in [4.78, 5) is 0. The smallest absolute Gasteiger partial charge is 0.136 e. The second-order valence-electron chi connectivity index (χ2n) is 12.5. The molecule has 0 bridgehead atoms.